The van der Waals surface area contributed by atoms with Crippen LogP contribution in [0.25, 0.3) is 0 Å². The van der Waals surface area contributed by atoms with Crippen molar-refractivity contribution in [3.8, 4) is 0 Å². The maximum Gasteiger partial charge on any atom is 0.235 e. The maximum atomic E-state index is 11.1. The summed E-state index contributed by atoms with van der Waals surface area (Å²) >= 11 is 0. The number of carbonyl (C=O) groups is 1. The van der Waals surface area contributed by atoms with Crippen LogP contribution in [0, 0.1) is 0 Å². The summed E-state index contributed by atoms with van der Waals surface area (Å²) in [5.74, 6) is 0.119. The molecule has 1 aromatic rings. The van der Waals surface area contributed by atoms with E-state index in [1.807, 2.05) is 23.2 Å². The summed E-state index contributed by atoms with van der Waals surface area (Å²) in [6, 6.07) is 10.4. The Morgan fingerprint density at radius 2 is 2.14 bits per heavy atom. The molecule has 3 heteroatoms. The third-order valence-electron chi connectivity index (χ3n) is 2.48. The molecule has 1 amide bonds. The summed E-state index contributed by atoms with van der Waals surface area (Å²) in [4.78, 5) is 11.1. The minimum absolute atomic E-state index is 0.119. The van der Waals surface area contributed by atoms with E-state index in [1.54, 1.807) is 0 Å². The monoisotopic (exact) mass is 190 g/mol. The fraction of sp³-hybridized carbons (Fsp3) is 0.364. The van der Waals surface area contributed by atoms with Gasteiger partial charge in [0.25, 0.3) is 0 Å². The van der Waals surface area contributed by atoms with Gasteiger partial charge in [-0.3, -0.25) is 10.2 Å². The number of hydrogen-bond donors (Lipinski definition) is 1. The average molecular weight is 190 g/mol. The molecule has 1 aliphatic heterocycles. The quantitative estimate of drug-likeness (QED) is 0.762. The molecule has 14 heavy (non-hydrogen) atoms. The van der Waals surface area contributed by atoms with Gasteiger partial charge in [0, 0.05) is 19.0 Å². The highest BCUT2D eigenvalue weighted by Crippen LogP contribution is 2.12. The molecule has 1 atom stereocenters. The molecule has 0 bridgehead atoms. The van der Waals surface area contributed by atoms with E-state index >= 15 is 0 Å². The summed E-state index contributed by atoms with van der Waals surface area (Å²) in [5.41, 5.74) is 4.07. The summed E-state index contributed by atoms with van der Waals surface area (Å²) in [7, 11) is 0. The Balaban J connectivity index is 2.02. The van der Waals surface area contributed by atoms with Crippen LogP contribution in [0.3, 0.4) is 0 Å². The summed E-state index contributed by atoms with van der Waals surface area (Å²) in [6.07, 6.45) is 0.604. The third-order valence-corrected chi connectivity index (χ3v) is 2.48. The Hall–Kier alpha value is -1.35. The third kappa shape index (κ3) is 1.93. The fourth-order valence-corrected chi connectivity index (χ4v) is 1.67. The molecular formula is C11H14N2O. The van der Waals surface area contributed by atoms with Crippen molar-refractivity contribution in [1.29, 1.82) is 0 Å². The predicted octanol–water partition coefficient (Wildman–Crippen LogP) is 1.31. The SMILES string of the molecule is CC1CC(=O)NN1Cc1ccccc1. The van der Waals surface area contributed by atoms with Crippen molar-refractivity contribution in [2.75, 3.05) is 0 Å². The zero-order valence-corrected chi connectivity index (χ0v) is 8.23. The van der Waals surface area contributed by atoms with Gasteiger partial charge in [-0.25, -0.2) is 5.01 Å². The first kappa shape index (κ1) is 9.21. The van der Waals surface area contributed by atoms with E-state index in [2.05, 4.69) is 24.5 Å². The van der Waals surface area contributed by atoms with E-state index in [0.29, 0.717) is 12.5 Å². The van der Waals surface area contributed by atoms with Crippen molar-refractivity contribution in [3.05, 3.63) is 35.9 Å². The first-order chi connectivity index (χ1) is 6.75. The number of hydrogen-bond acceptors (Lipinski definition) is 2. The second kappa shape index (κ2) is 3.80. The molecule has 1 N–H and O–H groups in total. The van der Waals surface area contributed by atoms with Crippen LogP contribution in [0.4, 0.5) is 0 Å². The van der Waals surface area contributed by atoms with Gasteiger partial charge in [-0.1, -0.05) is 30.3 Å². The van der Waals surface area contributed by atoms with E-state index in [4.69, 9.17) is 0 Å². The molecule has 1 aromatic carbocycles. The van der Waals surface area contributed by atoms with Gasteiger partial charge in [-0.15, -0.1) is 0 Å². The number of benzene rings is 1. The Morgan fingerprint density at radius 1 is 1.43 bits per heavy atom. The second-order valence-electron chi connectivity index (χ2n) is 3.70. The van der Waals surface area contributed by atoms with Crippen molar-refractivity contribution in [1.82, 2.24) is 10.4 Å². The van der Waals surface area contributed by atoms with Gasteiger partial charge < -0.3 is 0 Å². The highest BCUT2D eigenvalue weighted by Gasteiger charge is 2.25. The van der Waals surface area contributed by atoms with Crippen LogP contribution < -0.4 is 5.43 Å². The molecule has 1 heterocycles. The molecule has 3 nitrogen and oxygen atoms in total. The lowest BCUT2D eigenvalue weighted by molar-refractivity contribution is -0.121. The largest absolute Gasteiger partial charge is 0.288 e. The summed E-state index contributed by atoms with van der Waals surface area (Å²) < 4.78 is 0. The molecular weight excluding hydrogens is 176 g/mol. The highest BCUT2D eigenvalue weighted by molar-refractivity contribution is 5.77. The molecule has 1 aliphatic rings. The van der Waals surface area contributed by atoms with Crippen molar-refractivity contribution < 1.29 is 4.79 Å². The van der Waals surface area contributed by atoms with Crippen LogP contribution in [0.1, 0.15) is 18.9 Å². The number of amides is 1. The second-order valence-corrected chi connectivity index (χ2v) is 3.70. The van der Waals surface area contributed by atoms with Crippen molar-refractivity contribution >= 4 is 5.91 Å². The summed E-state index contributed by atoms with van der Waals surface area (Å²) in [6.45, 7) is 2.84. The standard InChI is InChI=1S/C11H14N2O/c1-9-7-11(14)12-13(9)8-10-5-3-2-4-6-10/h2-6,9H,7-8H2,1H3,(H,12,14). The van der Waals surface area contributed by atoms with Gasteiger partial charge >= 0.3 is 0 Å². The minimum Gasteiger partial charge on any atom is -0.288 e. The van der Waals surface area contributed by atoms with Gasteiger partial charge in [0.05, 0.1) is 0 Å². The lowest BCUT2D eigenvalue weighted by Crippen LogP contribution is -2.36. The highest BCUT2D eigenvalue weighted by atomic mass is 16.2. The molecule has 0 spiro atoms. The van der Waals surface area contributed by atoms with Gasteiger partial charge in [0.2, 0.25) is 5.91 Å². The Kier molecular flexibility index (Phi) is 2.50. The zero-order chi connectivity index (χ0) is 9.97. The van der Waals surface area contributed by atoms with Gasteiger partial charge in [0.1, 0.15) is 0 Å². The van der Waals surface area contributed by atoms with E-state index in [-0.39, 0.29) is 5.91 Å². The normalized spacial score (nSPS) is 22.4. The van der Waals surface area contributed by atoms with Crippen LogP contribution in [0.5, 0.6) is 0 Å². The van der Waals surface area contributed by atoms with Crippen LogP contribution >= 0.6 is 0 Å². The molecule has 0 saturated carbocycles. The average Bonchev–Trinajstić information content (AvgIpc) is 2.47. The van der Waals surface area contributed by atoms with Gasteiger partial charge in [-0.2, -0.15) is 0 Å². The number of hydrazine groups is 1. The van der Waals surface area contributed by atoms with Crippen LogP contribution in [-0.4, -0.2) is 17.0 Å². The Bertz CT molecular complexity index is 323. The zero-order valence-electron chi connectivity index (χ0n) is 8.23. The number of rotatable bonds is 2. The number of nitrogens with one attached hydrogen (secondary N) is 1. The molecule has 2 rings (SSSR count). The lowest BCUT2D eigenvalue weighted by Gasteiger charge is -2.19. The molecule has 74 valence electrons. The molecule has 0 radical (unpaired) electrons. The number of nitrogens with zero attached hydrogens (tertiary/aromatic N) is 1. The lowest BCUT2D eigenvalue weighted by atomic mass is 10.2. The molecule has 1 unspecified atom stereocenters. The van der Waals surface area contributed by atoms with Crippen LogP contribution in [0.15, 0.2) is 30.3 Å². The first-order valence-electron chi connectivity index (χ1n) is 4.86. The fourth-order valence-electron chi connectivity index (χ4n) is 1.67. The first-order valence-corrected chi connectivity index (χ1v) is 4.86. The molecule has 1 saturated heterocycles. The van der Waals surface area contributed by atoms with Crippen molar-refractivity contribution in [3.63, 3.8) is 0 Å². The van der Waals surface area contributed by atoms with Gasteiger partial charge in [-0.05, 0) is 12.5 Å². The Morgan fingerprint density at radius 3 is 2.71 bits per heavy atom. The van der Waals surface area contributed by atoms with Crippen LogP contribution in [-0.2, 0) is 11.3 Å². The van der Waals surface area contributed by atoms with E-state index in [9.17, 15) is 4.79 Å². The van der Waals surface area contributed by atoms with Crippen molar-refractivity contribution in [2.24, 2.45) is 0 Å². The Labute approximate surface area is 83.7 Å². The topological polar surface area (TPSA) is 32.3 Å². The molecule has 0 aliphatic carbocycles. The van der Waals surface area contributed by atoms with Crippen LogP contribution in [0.2, 0.25) is 0 Å². The number of carbonyl (C=O) groups excluding carboxylic acids is 1. The predicted molar refractivity (Wildman–Crippen MR) is 54.2 cm³/mol. The van der Waals surface area contributed by atoms with Crippen molar-refractivity contribution in [2.45, 2.75) is 25.9 Å². The molecule has 1 fully saturated rings. The molecule has 0 aromatic heterocycles. The minimum atomic E-state index is 0.119. The smallest absolute Gasteiger partial charge is 0.235 e. The van der Waals surface area contributed by atoms with Gasteiger partial charge in [0.15, 0.2) is 0 Å². The maximum absolute atomic E-state index is 11.1. The van der Waals surface area contributed by atoms with E-state index in [0.717, 1.165) is 6.54 Å². The van der Waals surface area contributed by atoms with E-state index < -0.39 is 0 Å². The summed E-state index contributed by atoms with van der Waals surface area (Å²) in [5, 5.41) is 1.98. The van der Waals surface area contributed by atoms with E-state index in [1.165, 1.54) is 5.56 Å².